The molecule has 1 aromatic carbocycles. The molecule has 1 aliphatic heterocycles. The van der Waals surface area contributed by atoms with Crippen molar-refractivity contribution < 1.29 is 10.0 Å². The van der Waals surface area contributed by atoms with Crippen LogP contribution in [0.5, 0.6) is 5.75 Å². The lowest BCUT2D eigenvalue weighted by atomic mass is 9.90. The van der Waals surface area contributed by atoms with E-state index in [2.05, 4.69) is 5.32 Å². The predicted molar refractivity (Wildman–Crippen MR) is 62.2 cm³/mol. The SMILES string of the molecule is O=[N+]([O-])c1cc2c(cc1O)C1CCCNC1C2. The van der Waals surface area contributed by atoms with E-state index in [4.69, 9.17) is 0 Å². The first-order chi connectivity index (χ1) is 8.16. The van der Waals surface area contributed by atoms with E-state index in [-0.39, 0.29) is 11.4 Å². The molecule has 5 heteroatoms. The van der Waals surface area contributed by atoms with Crippen LogP contribution in [0.2, 0.25) is 0 Å². The molecule has 2 N–H and O–H groups in total. The van der Waals surface area contributed by atoms with Crippen LogP contribution in [0.3, 0.4) is 0 Å². The van der Waals surface area contributed by atoms with Crippen LogP contribution in [0.4, 0.5) is 5.69 Å². The van der Waals surface area contributed by atoms with Gasteiger partial charge in [0.15, 0.2) is 5.75 Å². The standard InChI is InChI=1S/C12H14N2O3/c15-12-6-9-7(5-11(12)14(16)17)4-10-8(9)2-1-3-13-10/h5-6,8,10,13,15H,1-4H2. The second-order valence-electron chi connectivity index (χ2n) is 4.81. The van der Waals surface area contributed by atoms with Crippen molar-refractivity contribution >= 4 is 5.69 Å². The van der Waals surface area contributed by atoms with E-state index in [0.717, 1.165) is 36.9 Å². The Morgan fingerprint density at radius 2 is 2.29 bits per heavy atom. The molecule has 0 spiro atoms. The molecule has 2 aliphatic rings. The highest BCUT2D eigenvalue weighted by atomic mass is 16.6. The van der Waals surface area contributed by atoms with Crippen molar-refractivity contribution in [3.63, 3.8) is 0 Å². The molecule has 0 saturated carbocycles. The van der Waals surface area contributed by atoms with Gasteiger partial charge in [-0.05, 0) is 43.0 Å². The first-order valence-electron chi connectivity index (χ1n) is 5.90. The lowest BCUT2D eigenvalue weighted by Crippen LogP contribution is -2.37. The molecule has 0 radical (unpaired) electrons. The molecule has 0 bridgehead atoms. The van der Waals surface area contributed by atoms with Gasteiger partial charge in [0, 0.05) is 18.0 Å². The third-order valence-electron chi connectivity index (χ3n) is 3.86. The van der Waals surface area contributed by atoms with Gasteiger partial charge in [-0.2, -0.15) is 0 Å². The van der Waals surface area contributed by atoms with Crippen molar-refractivity contribution in [2.45, 2.75) is 31.2 Å². The molecule has 1 aromatic rings. The van der Waals surface area contributed by atoms with E-state index in [9.17, 15) is 15.2 Å². The topological polar surface area (TPSA) is 75.4 Å². The zero-order valence-electron chi connectivity index (χ0n) is 9.35. The average molecular weight is 234 g/mol. The third kappa shape index (κ3) is 1.58. The number of aromatic hydroxyl groups is 1. The van der Waals surface area contributed by atoms with Gasteiger partial charge in [-0.3, -0.25) is 10.1 Å². The Morgan fingerprint density at radius 3 is 3.06 bits per heavy atom. The lowest BCUT2D eigenvalue weighted by Gasteiger charge is -2.26. The Morgan fingerprint density at radius 1 is 1.47 bits per heavy atom. The molecular formula is C12H14N2O3. The molecule has 2 unspecified atom stereocenters. The summed E-state index contributed by atoms with van der Waals surface area (Å²) >= 11 is 0. The number of phenolic OH excluding ortho intramolecular Hbond substituents is 1. The van der Waals surface area contributed by atoms with Crippen molar-refractivity contribution in [1.82, 2.24) is 5.32 Å². The molecule has 17 heavy (non-hydrogen) atoms. The molecule has 1 heterocycles. The summed E-state index contributed by atoms with van der Waals surface area (Å²) in [6, 6.07) is 3.51. The molecule has 0 amide bonds. The van der Waals surface area contributed by atoms with Gasteiger partial charge < -0.3 is 10.4 Å². The number of phenols is 1. The van der Waals surface area contributed by atoms with E-state index in [1.54, 1.807) is 6.07 Å². The second-order valence-corrected chi connectivity index (χ2v) is 4.81. The normalized spacial score (nSPS) is 26.4. The summed E-state index contributed by atoms with van der Waals surface area (Å²) in [5.41, 5.74) is 1.92. The van der Waals surface area contributed by atoms with Crippen molar-refractivity contribution in [3.05, 3.63) is 33.4 Å². The quantitative estimate of drug-likeness (QED) is 0.572. The largest absolute Gasteiger partial charge is 0.502 e. The van der Waals surface area contributed by atoms with Gasteiger partial charge in [0.05, 0.1) is 4.92 Å². The Hall–Kier alpha value is -1.62. The summed E-state index contributed by atoms with van der Waals surface area (Å²) in [5, 5.41) is 23.9. The van der Waals surface area contributed by atoms with E-state index in [1.807, 2.05) is 0 Å². The van der Waals surface area contributed by atoms with E-state index in [1.165, 1.54) is 6.07 Å². The summed E-state index contributed by atoms with van der Waals surface area (Å²) in [6.45, 7) is 1.02. The Labute approximate surface area is 98.6 Å². The minimum absolute atomic E-state index is 0.178. The maximum Gasteiger partial charge on any atom is 0.310 e. The van der Waals surface area contributed by atoms with E-state index < -0.39 is 4.92 Å². The van der Waals surface area contributed by atoms with Crippen molar-refractivity contribution in [2.75, 3.05) is 6.54 Å². The first kappa shape index (κ1) is 10.5. The highest BCUT2D eigenvalue weighted by molar-refractivity contribution is 5.54. The highest BCUT2D eigenvalue weighted by Crippen LogP contribution is 2.42. The van der Waals surface area contributed by atoms with Crippen molar-refractivity contribution in [2.24, 2.45) is 0 Å². The summed E-state index contributed by atoms with van der Waals surface area (Å²) in [6.07, 6.45) is 3.06. The van der Waals surface area contributed by atoms with Gasteiger partial charge in [-0.25, -0.2) is 0 Å². The van der Waals surface area contributed by atoms with Crippen LogP contribution in [-0.4, -0.2) is 22.6 Å². The number of nitrogens with zero attached hydrogens (tertiary/aromatic N) is 1. The number of benzene rings is 1. The molecule has 90 valence electrons. The van der Waals surface area contributed by atoms with Gasteiger partial charge >= 0.3 is 5.69 Å². The Balaban J connectivity index is 2.05. The number of piperidine rings is 1. The molecule has 1 aliphatic carbocycles. The second kappa shape index (κ2) is 3.70. The molecule has 2 atom stereocenters. The predicted octanol–water partition coefficient (Wildman–Crippen LogP) is 1.69. The highest BCUT2D eigenvalue weighted by Gasteiger charge is 2.36. The number of hydrogen-bond donors (Lipinski definition) is 2. The molecule has 0 aromatic heterocycles. The van der Waals surface area contributed by atoms with Crippen LogP contribution >= 0.6 is 0 Å². The van der Waals surface area contributed by atoms with Crippen LogP contribution < -0.4 is 5.32 Å². The van der Waals surface area contributed by atoms with Gasteiger partial charge in [-0.15, -0.1) is 0 Å². The van der Waals surface area contributed by atoms with Crippen molar-refractivity contribution in [1.29, 1.82) is 0 Å². The van der Waals surface area contributed by atoms with Crippen LogP contribution in [0.25, 0.3) is 0 Å². The Kier molecular flexibility index (Phi) is 2.29. The van der Waals surface area contributed by atoms with Gasteiger partial charge in [0.1, 0.15) is 0 Å². The maximum atomic E-state index is 10.8. The minimum atomic E-state index is -0.523. The smallest absolute Gasteiger partial charge is 0.310 e. The van der Waals surface area contributed by atoms with Gasteiger partial charge in [0.2, 0.25) is 0 Å². The average Bonchev–Trinajstić information content (AvgIpc) is 2.65. The monoisotopic (exact) mass is 234 g/mol. The Bertz CT molecular complexity index is 487. The number of nitro benzene ring substituents is 1. The molecule has 3 rings (SSSR count). The maximum absolute atomic E-state index is 10.8. The minimum Gasteiger partial charge on any atom is -0.502 e. The van der Waals surface area contributed by atoms with Gasteiger partial charge in [-0.1, -0.05) is 0 Å². The van der Waals surface area contributed by atoms with E-state index in [0.29, 0.717) is 12.0 Å². The molecule has 1 fully saturated rings. The molecule has 1 saturated heterocycles. The molecular weight excluding hydrogens is 220 g/mol. The van der Waals surface area contributed by atoms with Crippen LogP contribution in [-0.2, 0) is 6.42 Å². The summed E-state index contributed by atoms with van der Waals surface area (Å²) in [4.78, 5) is 10.2. The molecule has 5 nitrogen and oxygen atoms in total. The van der Waals surface area contributed by atoms with Crippen LogP contribution in [0.15, 0.2) is 12.1 Å². The summed E-state index contributed by atoms with van der Waals surface area (Å²) in [5.74, 6) is 0.199. The summed E-state index contributed by atoms with van der Waals surface area (Å²) < 4.78 is 0. The fraction of sp³-hybridized carbons (Fsp3) is 0.500. The van der Waals surface area contributed by atoms with Crippen LogP contribution in [0.1, 0.15) is 29.9 Å². The third-order valence-corrected chi connectivity index (χ3v) is 3.86. The van der Waals surface area contributed by atoms with Crippen molar-refractivity contribution in [3.8, 4) is 5.75 Å². The number of rotatable bonds is 1. The number of nitro groups is 1. The number of fused-ring (bicyclic) bond motifs is 3. The zero-order valence-corrected chi connectivity index (χ0v) is 9.35. The number of hydrogen-bond acceptors (Lipinski definition) is 4. The number of nitrogens with one attached hydrogen (secondary N) is 1. The fourth-order valence-electron chi connectivity index (χ4n) is 3.08. The lowest BCUT2D eigenvalue weighted by molar-refractivity contribution is -0.385. The van der Waals surface area contributed by atoms with E-state index >= 15 is 0 Å². The van der Waals surface area contributed by atoms with Gasteiger partial charge in [0.25, 0.3) is 0 Å². The zero-order chi connectivity index (χ0) is 12.0. The summed E-state index contributed by atoms with van der Waals surface area (Å²) in [7, 11) is 0. The first-order valence-corrected chi connectivity index (χ1v) is 5.90. The fourth-order valence-corrected chi connectivity index (χ4v) is 3.08. The van der Waals surface area contributed by atoms with Crippen LogP contribution in [0, 0.1) is 10.1 Å².